The standard InChI is InChI=1S/C12H25N3O/c1-3-4-7-14-12(16)15(2)10-11-5-8-13-9-6-11/h11,13H,3-10H2,1-2H3,(H,14,16). The Kier molecular flexibility index (Phi) is 6.23. The molecule has 0 aromatic rings. The average molecular weight is 227 g/mol. The molecule has 0 atom stereocenters. The molecule has 0 radical (unpaired) electrons. The van der Waals surface area contributed by atoms with Gasteiger partial charge in [-0.3, -0.25) is 0 Å². The number of hydrogen-bond donors (Lipinski definition) is 2. The summed E-state index contributed by atoms with van der Waals surface area (Å²) >= 11 is 0. The van der Waals surface area contributed by atoms with Crippen LogP contribution < -0.4 is 10.6 Å². The van der Waals surface area contributed by atoms with Gasteiger partial charge in [-0.2, -0.15) is 0 Å². The third-order valence-electron chi connectivity index (χ3n) is 3.14. The molecule has 16 heavy (non-hydrogen) atoms. The Bertz CT molecular complexity index is 202. The fraction of sp³-hybridized carbons (Fsp3) is 0.917. The number of hydrogen-bond acceptors (Lipinski definition) is 2. The second kappa shape index (κ2) is 7.49. The first kappa shape index (κ1) is 13.3. The minimum absolute atomic E-state index is 0.0759. The Hall–Kier alpha value is -0.770. The van der Waals surface area contributed by atoms with E-state index in [4.69, 9.17) is 0 Å². The van der Waals surface area contributed by atoms with E-state index in [9.17, 15) is 4.79 Å². The summed E-state index contributed by atoms with van der Waals surface area (Å²) in [6.45, 7) is 6.00. The highest BCUT2D eigenvalue weighted by molar-refractivity contribution is 5.73. The topological polar surface area (TPSA) is 44.4 Å². The highest BCUT2D eigenvalue weighted by Gasteiger charge is 2.17. The molecular formula is C12H25N3O. The molecule has 0 aliphatic carbocycles. The molecule has 1 aliphatic rings. The molecule has 0 aromatic heterocycles. The van der Waals surface area contributed by atoms with Crippen LogP contribution in [0.1, 0.15) is 32.6 Å². The molecule has 2 amide bonds. The summed E-state index contributed by atoms with van der Waals surface area (Å²) in [6, 6.07) is 0.0759. The lowest BCUT2D eigenvalue weighted by Gasteiger charge is -2.27. The van der Waals surface area contributed by atoms with E-state index in [1.54, 1.807) is 0 Å². The zero-order valence-corrected chi connectivity index (χ0v) is 10.6. The van der Waals surface area contributed by atoms with Gasteiger partial charge in [0.2, 0.25) is 0 Å². The lowest BCUT2D eigenvalue weighted by Crippen LogP contribution is -2.42. The Morgan fingerprint density at radius 2 is 2.12 bits per heavy atom. The summed E-state index contributed by atoms with van der Waals surface area (Å²) in [4.78, 5) is 13.5. The van der Waals surface area contributed by atoms with Gasteiger partial charge in [0, 0.05) is 20.1 Å². The Balaban J connectivity index is 2.16. The van der Waals surface area contributed by atoms with E-state index in [0.717, 1.165) is 39.0 Å². The van der Waals surface area contributed by atoms with Crippen molar-refractivity contribution in [1.29, 1.82) is 0 Å². The third kappa shape index (κ3) is 4.84. The van der Waals surface area contributed by atoms with Crippen LogP contribution in [0.2, 0.25) is 0 Å². The SMILES string of the molecule is CCCCNC(=O)N(C)CC1CCNCC1. The molecule has 1 heterocycles. The van der Waals surface area contributed by atoms with Crippen molar-refractivity contribution in [2.45, 2.75) is 32.6 Å². The summed E-state index contributed by atoms with van der Waals surface area (Å²) in [7, 11) is 1.89. The molecule has 4 nitrogen and oxygen atoms in total. The van der Waals surface area contributed by atoms with Crippen LogP contribution in [-0.2, 0) is 0 Å². The van der Waals surface area contributed by atoms with Gasteiger partial charge in [0.05, 0.1) is 0 Å². The Morgan fingerprint density at radius 3 is 2.75 bits per heavy atom. The van der Waals surface area contributed by atoms with Gasteiger partial charge in [-0.05, 0) is 38.3 Å². The number of carbonyl (C=O) groups is 1. The third-order valence-corrected chi connectivity index (χ3v) is 3.14. The molecule has 0 aromatic carbocycles. The summed E-state index contributed by atoms with van der Waals surface area (Å²) in [5.74, 6) is 0.670. The van der Waals surface area contributed by atoms with Gasteiger partial charge in [-0.15, -0.1) is 0 Å². The first-order valence-electron chi connectivity index (χ1n) is 6.43. The molecule has 2 N–H and O–H groups in total. The minimum atomic E-state index is 0.0759. The van der Waals surface area contributed by atoms with Crippen molar-refractivity contribution >= 4 is 6.03 Å². The molecule has 4 heteroatoms. The molecule has 94 valence electrons. The van der Waals surface area contributed by atoms with Gasteiger partial charge in [0.25, 0.3) is 0 Å². The predicted octanol–water partition coefficient (Wildman–Crippen LogP) is 1.43. The van der Waals surface area contributed by atoms with Crippen molar-refractivity contribution < 1.29 is 4.79 Å². The number of nitrogens with zero attached hydrogens (tertiary/aromatic N) is 1. The number of rotatable bonds is 5. The van der Waals surface area contributed by atoms with Crippen molar-refractivity contribution in [2.24, 2.45) is 5.92 Å². The quantitative estimate of drug-likeness (QED) is 0.698. The van der Waals surface area contributed by atoms with Crippen LogP contribution >= 0.6 is 0 Å². The summed E-state index contributed by atoms with van der Waals surface area (Å²) < 4.78 is 0. The van der Waals surface area contributed by atoms with Gasteiger partial charge in [-0.25, -0.2) is 4.79 Å². The van der Waals surface area contributed by atoms with Crippen molar-refractivity contribution in [3.63, 3.8) is 0 Å². The zero-order valence-electron chi connectivity index (χ0n) is 10.6. The van der Waals surface area contributed by atoms with E-state index >= 15 is 0 Å². The lowest BCUT2D eigenvalue weighted by atomic mass is 9.98. The van der Waals surface area contributed by atoms with Crippen molar-refractivity contribution in [1.82, 2.24) is 15.5 Å². The van der Waals surface area contributed by atoms with Gasteiger partial charge >= 0.3 is 6.03 Å². The maximum absolute atomic E-state index is 11.7. The van der Waals surface area contributed by atoms with Crippen molar-refractivity contribution in [3.8, 4) is 0 Å². The fourth-order valence-corrected chi connectivity index (χ4v) is 2.04. The summed E-state index contributed by atoms with van der Waals surface area (Å²) in [6.07, 6.45) is 4.56. The first-order valence-corrected chi connectivity index (χ1v) is 6.43. The number of unbranched alkanes of at least 4 members (excludes halogenated alkanes) is 1. The normalized spacial score (nSPS) is 17.1. The summed E-state index contributed by atoms with van der Waals surface area (Å²) in [5, 5.41) is 6.28. The maximum atomic E-state index is 11.7. The van der Waals surface area contributed by atoms with E-state index in [1.807, 2.05) is 11.9 Å². The van der Waals surface area contributed by atoms with Crippen LogP contribution in [0, 0.1) is 5.92 Å². The minimum Gasteiger partial charge on any atom is -0.338 e. The van der Waals surface area contributed by atoms with Gasteiger partial charge in [0.15, 0.2) is 0 Å². The number of amides is 2. The lowest BCUT2D eigenvalue weighted by molar-refractivity contribution is 0.194. The van der Waals surface area contributed by atoms with E-state index in [0.29, 0.717) is 5.92 Å². The summed E-state index contributed by atoms with van der Waals surface area (Å²) in [5.41, 5.74) is 0. The highest BCUT2D eigenvalue weighted by Crippen LogP contribution is 2.12. The van der Waals surface area contributed by atoms with E-state index < -0.39 is 0 Å². The molecule has 0 bridgehead atoms. The molecule has 0 unspecified atom stereocenters. The molecule has 1 saturated heterocycles. The van der Waals surface area contributed by atoms with Crippen LogP contribution in [0.3, 0.4) is 0 Å². The molecule has 0 spiro atoms. The van der Waals surface area contributed by atoms with Crippen LogP contribution in [0.25, 0.3) is 0 Å². The van der Waals surface area contributed by atoms with E-state index in [-0.39, 0.29) is 6.03 Å². The second-order valence-electron chi connectivity index (χ2n) is 4.66. The maximum Gasteiger partial charge on any atom is 0.317 e. The predicted molar refractivity (Wildman–Crippen MR) is 66.5 cm³/mol. The largest absolute Gasteiger partial charge is 0.338 e. The number of urea groups is 1. The van der Waals surface area contributed by atoms with Crippen LogP contribution in [0.15, 0.2) is 0 Å². The first-order chi connectivity index (χ1) is 7.74. The number of piperidine rings is 1. The molecule has 1 fully saturated rings. The monoisotopic (exact) mass is 227 g/mol. The van der Waals surface area contributed by atoms with Gasteiger partial charge in [-0.1, -0.05) is 13.3 Å². The molecule has 1 rings (SSSR count). The van der Waals surface area contributed by atoms with E-state index in [2.05, 4.69) is 17.6 Å². The molecular weight excluding hydrogens is 202 g/mol. The Morgan fingerprint density at radius 1 is 1.44 bits per heavy atom. The average Bonchev–Trinajstić information content (AvgIpc) is 2.30. The molecule has 1 aliphatic heterocycles. The smallest absolute Gasteiger partial charge is 0.317 e. The van der Waals surface area contributed by atoms with Crippen molar-refractivity contribution in [3.05, 3.63) is 0 Å². The van der Waals surface area contributed by atoms with Gasteiger partial charge < -0.3 is 15.5 Å². The van der Waals surface area contributed by atoms with Crippen LogP contribution in [-0.4, -0.2) is 44.2 Å². The number of nitrogens with one attached hydrogen (secondary N) is 2. The van der Waals surface area contributed by atoms with Gasteiger partial charge in [0.1, 0.15) is 0 Å². The van der Waals surface area contributed by atoms with Crippen molar-refractivity contribution in [2.75, 3.05) is 33.2 Å². The fourth-order valence-electron chi connectivity index (χ4n) is 2.04. The Labute approximate surface area is 98.8 Å². The highest BCUT2D eigenvalue weighted by atomic mass is 16.2. The van der Waals surface area contributed by atoms with E-state index in [1.165, 1.54) is 12.8 Å². The molecule has 0 saturated carbocycles. The zero-order chi connectivity index (χ0) is 11.8. The second-order valence-corrected chi connectivity index (χ2v) is 4.66. The van der Waals surface area contributed by atoms with Crippen LogP contribution in [0.4, 0.5) is 4.79 Å². The number of carbonyl (C=O) groups excluding carboxylic acids is 1. The van der Waals surface area contributed by atoms with Crippen LogP contribution in [0.5, 0.6) is 0 Å².